The van der Waals surface area contributed by atoms with E-state index in [0.717, 1.165) is 19.3 Å². The normalized spacial score (nSPS) is 13.3. The van der Waals surface area contributed by atoms with Gasteiger partial charge in [-0.05, 0) is 12.8 Å². The van der Waals surface area contributed by atoms with E-state index in [4.69, 9.17) is 4.89 Å². The Morgan fingerprint density at radius 1 is 0.630 bits per heavy atom. The van der Waals surface area contributed by atoms with Crippen LogP contribution in [0, 0.1) is 0 Å². The monoisotopic (exact) mass is 416 g/mol. The van der Waals surface area contributed by atoms with E-state index in [1.54, 1.807) is 0 Å². The Kier molecular flexibility index (Phi) is 26.2. The Bertz CT molecular complexity index is 331. The molecule has 0 bridgehead atoms. The van der Waals surface area contributed by atoms with Gasteiger partial charge in [-0.1, -0.05) is 104 Å². The average molecular weight is 417 g/mol. The Morgan fingerprint density at radius 3 is 1.48 bits per heavy atom. The van der Waals surface area contributed by atoms with Crippen LogP contribution in [0.5, 0.6) is 0 Å². The fraction of sp³-hybridized carbons (Fsp3) is 1.00. The third kappa shape index (κ3) is 25.0. The van der Waals surface area contributed by atoms with Gasteiger partial charge in [-0.25, -0.2) is 4.89 Å². The van der Waals surface area contributed by atoms with Gasteiger partial charge in [0.05, 0.1) is 13.2 Å². The van der Waals surface area contributed by atoms with Gasteiger partial charge >= 0.3 is 29.6 Å². The zero-order valence-corrected chi connectivity index (χ0v) is 21.1. The SMILES string of the molecule is CCCCCCCCCCCCCCCCOOP(=O)([O-])OCCCC.[Na+]. The van der Waals surface area contributed by atoms with Gasteiger partial charge in [-0.15, -0.1) is 0 Å². The van der Waals surface area contributed by atoms with Crippen molar-refractivity contribution in [1.29, 1.82) is 0 Å². The predicted molar refractivity (Wildman–Crippen MR) is 106 cm³/mol. The first kappa shape index (κ1) is 30.3. The summed E-state index contributed by atoms with van der Waals surface area (Å²) in [5.74, 6) is 0. The number of phosphoric acid groups is 1. The average Bonchev–Trinajstić information content (AvgIpc) is 2.61. The second-order valence-corrected chi connectivity index (χ2v) is 8.43. The molecule has 0 radical (unpaired) electrons. The molecule has 0 saturated heterocycles. The second-order valence-electron chi connectivity index (χ2n) is 7.13. The quantitative estimate of drug-likeness (QED) is 0.0938. The molecule has 0 spiro atoms. The number of rotatable bonds is 21. The first-order chi connectivity index (χ1) is 12.6. The summed E-state index contributed by atoms with van der Waals surface area (Å²) in [6.45, 7) is 4.67. The van der Waals surface area contributed by atoms with Gasteiger partial charge in [0, 0.05) is 0 Å². The zero-order chi connectivity index (χ0) is 19.3. The molecule has 0 amide bonds. The maximum Gasteiger partial charge on any atom is 1.00 e. The third-order valence-corrected chi connectivity index (χ3v) is 5.26. The molecule has 0 aromatic heterocycles. The van der Waals surface area contributed by atoms with Crippen LogP contribution in [0.1, 0.15) is 117 Å². The van der Waals surface area contributed by atoms with Crippen molar-refractivity contribution in [3.05, 3.63) is 0 Å². The van der Waals surface area contributed by atoms with Gasteiger partial charge < -0.3 is 9.42 Å². The molecule has 0 aliphatic heterocycles. The molecule has 5 nitrogen and oxygen atoms in total. The second kappa shape index (κ2) is 23.3. The topological polar surface area (TPSA) is 67.8 Å². The van der Waals surface area contributed by atoms with E-state index in [1.807, 2.05) is 6.92 Å². The minimum atomic E-state index is -4.28. The number of phosphoric ester groups is 1. The van der Waals surface area contributed by atoms with Gasteiger partial charge in [0.15, 0.2) is 0 Å². The molecule has 158 valence electrons. The molecule has 0 aromatic rings. The minimum absolute atomic E-state index is 0. The van der Waals surface area contributed by atoms with Crippen LogP contribution in [0.15, 0.2) is 0 Å². The maximum atomic E-state index is 11.3. The zero-order valence-electron chi connectivity index (χ0n) is 18.2. The van der Waals surface area contributed by atoms with Crippen LogP contribution in [0.3, 0.4) is 0 Å². The molecule has 0 N–H and O–H groups in total. The van der Waals surface area contributed by atoms with Crippen molar-refractivity contribution in [2.24, 2.45) is 0 Å². The van der Waals surface area contributed by atoms with Crippen molar-refractivity contribution < 1.29 is 53.1 Å². The molecule has 27 heavy (non-hydrogen) atoms. The summed E-state index contributed by atoms with van der Waals surface area (Å²) in [7, 11) is -4.28. The first-order valence-corrected chi connectivity index (χ1v) is 12.3. The summed E-state index contributed by atoms with van der Waals surface area (Å²) in [5.41, 5.74) is 0. The van der Waals surface area contributed by atoms with Gasteiger partial charge in [-0.3, -0.25) is 4.57 Å². The molecule has 1 unspecified atom stereocenters. The van der Waals surface area contributed by atoms with Crippen molar-refractivity contribution in [3.8, 4) is 0 Å². The van der Waals surface area contributed by atoms with Crippen molar-refractivity contribution >= 4 is 7.82 Å². The van der Waals surface area contributed by atoms with Gasteiger partial charge in [0.25, 0.3) is 7.82 Å². The van der Waals surface area contributed by atoms with E-state index in [0.29, 0.717) is 13.0 Å². The first-order valence-electron chi connectivity index (χ1n) is 10.9. The standard InChI is InChI=1S/C20H43O5P.Na/c1-3-5-7-8-9-10-11-12-13-14-15-16-17-18-19-23-25-26(21,22)24-20-6-4-2;/h3-20H2,1-2H3,(H,21,22);/q;+1/p-1. The van der Waals surface area contributed by atoms with Crippen LogP contribution in [0.2, 0.25) is 0 Å². The van der Waals surface area contributed by atoms with Crippen LogP contribution >= 0.6 is 7.82 Å². The summed E-state index contributed by atoms with van der Waals surface area (Å²) in [6, 6.07) is 0. The smallest absolute Gasteiger partial charge is 0.754 e. The van der Waals surface area contributed by atoms with E-state index < -0.39 is 7.82 Å². The molecule has 7 heteroatoms. The Labute approximate surface area is 190 Å². The van der Waals surface area contributed by atoms with E-state index in [-0.39, 0.29) is 36.2 Å². The molecule has 0 rings (SSSR count). The van der Waals surface area contributed by atoms with Crippen molar-refractivity contribution in [2.75, 3.05) is 13.2 Å². The molecule has 0 fully saturated rings. The van der Waals surface area contributed by atoms with E-state index in [1.165, 1.54) is 77.0 Å². The fourth-order valence-corrected chi connectivity index (χ4v) is 3.40. The van der Waals surface area contributed by atoms with E-state index in [9.17, 15) is 9.46 Å². The number of hydrogen-bond acceptors (Lipinski definition) is 5. The largest absolute Gasteiger partial charge is 1.00 e. The number of unbranched alkanes of at least 4 members (excludes halogenated alkanes) is 14. The Morgan fingerprint density at radius 2 is 1.04 bits per heavy atom. The van der Waals surface area contributed by atoms with Crippen LogP contribution in [-0.4, -0.2) is 13.2 Å². The molecule has 0 heterocycles. The van der Waals surface area contributed by atoms with Gasteiger partial charge in [0.1, 0.15) is 0 Å². The summed E-state index contributed by atoms with van der Waals surface area (Å²) in [4.78, 5) is 16.0. The fourth-order valence-electron chi connectivity index (χ4n) is 2.80. The van der Waals surface area contributed by atoms with Crippen molar-refractivity contribution in [2.45, 2.75) is 117 Å². The van der Waals surface area contributed by atoms with E-state index in [2.05, 4.69) is 16.1 Å². The summed E-state index contributed by atoms with van der Waals surface area (Å²) >= 11 is 0. The number of hydrogen-bond donors (Lipinski definition) is 0. The Hall–Kier alpha value is 1.07. The third-order valence-electron chi connectivity index (χ3n) is 4.47. The molecule has 0 saturated carbocycles. The van der Waals surface area contributed by atoms with Crippen LogP contribution in [0.25, 0.3) is 0 Å². The summed E-state index contributed by atoms with van der Waals surface area (Å²) in [6.07, 6.45) is 19.5. The van der Waals surface area contributed by atoms with Crippen molar-refractivity contribution in [1.82, 2.24) is 0 Å². The molecule has 0 aromatic carbocycles. The van der Waals surface area contributed by atoms with Crippen LogP contribution in [0.4, 0.5) is 0 Å². The Balaban J connectivity index is 0. The summed E-state index contributed by atoms with van der Waals surface area (Å²) < 4.78 is 20.3. The molecular formula is C20H42NaO5P. The van der Waals surface area contributed by atoms with Gasteiger partial charge in [-0.2, -0.15) is 4.67 Å². The van der Waals surface area contributed by atoms with Crippen LogP contribution in [-0.2, 0) is 18.7 Å². The predicted octanol–water partition coefficient (Wildman–Crippen LogP) is 3.71. The maximum absolute atomic E-state index is 11.3. The molecule has 0 aliphatic rings. The summed E-state index contributed by atoms with van der Waals surface area (Å²) in [5, 5.41) is 0. The molecular weight excluding hydrogens is 374 g/mol. The minimum Gasteiger partial charge on any atom is -0.754 e. The molecule has 1 atom stereocenters. The van der Waals surface area contributed by atoms with Gasteiger partial charge in [0.2, 0.25) is 0 Å². The molecule has 0 aliphatic carbocycles. The van der Waals surface area contributed by atoms with Crippen molar-refractivity contribution in [3.63, 3.8) is 0 Å². The van der Waals surface area contributed by atoms with Crippen LogP contribution < -0.4 is 34.5 Å². The van der Waals surface area contributed by atoms with E-state index >= 15 is 0 Å².